The first-order valence-corrected chi connectivity index (χ1v) is 15.0. The molecule has 4 aromatic carbocycles. The number of aromatic nitrogens is 5. The number of hydrogen-bond donors (Lipinski definition) is 0. The van der Waals surface area contributed by atoms with E-state index in [1.54, 1.807) is 11.3 Å². The first kappa shape index (κ1) is 25.7. The molecule has 8 heteroatoms. The van der Waals surface area contributed by atoms with Crippen molar-refractivity contribution >= 4 is 45.2 Å². The normalized spacial score (nSPS) is 11.3. The molecule has 5 nitrogen and oxygen atoms in total. The largest absolute Gasteiger partial charge is 0.245 e. The molecule has 41 heavy (non-hydrogen) atoms. The number of hydrogen-bond acceptors (Lipinski definition) is 7. The lowest BCUT2D eigenvalue weighted by molar-refractivity contribution is 1.09. The molecule has 0 N–H and O–H groups in total. The van der Waals surface area contributed by atoms with E-state index < -0.39 is 0 Å². The predicted octanol–water partition coefficient (Wildman–Crippen LogP) is 9.54. The minimum atomic E-state index is 0.632. The number of para-hydroxylation sites is 1. The van der Waals surface area contributed by atoms with Gasteiger partial charge in [0.15, 0.2) is 5.01 Å². The molecular formula is C33H22ClN5S2. The third-order valence-electron chi connectivity index (χ3n) is 6.86. The van der Waals surface area contributed by atoms with Crippen molar-refractivity contribution in [1.82, 2.24) is 25.4 Å². The molecule has 3 heterocycles. The van der Waals surface area contributed by atoms with Crippen LogP contribution in [0, 0.1) is 13.8 Å². The van der Waals surface area contributed by atoms with E-state index in [0.29, 0.717) is 5.02 Å². The molecule has 0 amide bonds. The van der Waals surface area contributed by atoms with Crippen LogP contribution in [-0.4, -0.2) is 25.4 Å². The van der Waals surface area contributed by atoms with Gasteiger partial charge < -0.3 is 0 Å². The van der Waals surface area contributed by atoms with Gasteiger partial charge in [0.05, 0.1) is 10.5 Å². The molecule has 0 aliphatic rings. The van der Waals surface area contributed by atoms with Crippen LogP contribution in [0.2, 0.25) is 5.02 Å². The molecule has 0 saturated heterocycles. The highest BCUT2D eigenvalue weighted by Gasteiger charge is 2.16. The second-order valence-electron chi connectivity index (χ2n) is 9.83. The van der Waals surface area contributed by atoms with Gasteiger partial charge in [0.1, 0.15) is 20.7 Å². The summed E-state index contributed by atoms with van der Waals surface area (Å²) in [4.78, 5) is 5.07. The molecular weight excluding hydrogens is 566 g/mol. The van der Waals surface area contributed by atoms with E-state index in [9.17, 15) is 0 Å². The minimum Gasteiger partial charge on any atom is -0.245 e. The first-order valence-electron chi connectivity index (χ1n) is 13.0. The lowest BCUT2D eigenvalue weighted by atomic mass is 10.00. The van der Waals surface area contributed by atoms with Crippen LogP contribution < -0.4 is 0 Å². The standard InChI is InChI=1S/C33H22ClN5S2/c1-19-9-11-22(12-10-19)30-36-39-33(41-30)28-16-14-21-6-4-8-25(29(21)35-28)23-13-15-27(34)26(18-23)32-38-37-31(40-32)24-7-3-5-20(2)17-24/h3-18H,1-2H3. The second kappa shape index (κ2) is 10.6. The number of rotatable bonds is 5. The SMILES string of the molecule is Cc1ccc(-c2nnc(-c3ccc4cccc(-c5ccc(Cl)c(-c6nnc(-c7cccc(C)c7)s6)c5)c4n3)s2)cc1. The van der Waals surface area contributed by atoms with Gasteiger partial charge in [-0.25, -0.2) is 4.98 Å². The molecule has 7 aromatic rings. The van der Waals surface area contributed by atoms with Crippen LogP contribution in [0.25, 0.3) is 64.4 Å². The van der Waals surface area contributed by atoms with Gasteiger partial charge >= 0.3 is 0 Å². The Labute approximate surface area is 250 Å². The highest BCUT2D eigenvalue weighted by Crippen LogP contribution is 2.38. The van der Waals surface area contributed by atoms with Crippen molar-refractivity contribution < 1.29 is 0 Å². The molecule has 0 fully saturated rings. The summed E-state index contributed by atoms with van der Waals surface area (Å²) in [5, 5.41) is 22.8. The molecule has 0 atom stereocenters. The quantitative estimate of drug-likeness (QED) is 0.201. The number of benzene rings is 4. The van der Waals surface area contributed by atoms with Crippen molar-refractivity contribution in [2.75, 3.05) is 0 Å². The molecule has 0 spiro atoms. The number of aryl methyl sites for hydroxylation is 2. The van der Waals surface area contributed by atoms with Crippen LogP contribution in [0.3, 0.4) is 0 Å². The topological polar surface area (TPSA) is 64.5 Å². The number of nitrogens with zero attached hydrogens (tertiary/aromatic N) is 5. The minimum absolute atomic E-state index is 0.632. The highest BCUT2D eigenvalue weighted by atomic mass is 35.5. The van der Waals surface area contributed by atoms with Crippen molar-refractivity contribution in [1.29, 1.82) is 0 Å². The molecule has 0 unspecified atom stereocenters. The lowest BCUT2D eigenvalue weighted by Gasteiger charge is -2.09. The maximum Gasteiger partial charge on any atom is 0.166 e. The smallest absolute Gasteiger partial charge is 0.166 e. The van der Waals surface area contributed by atoms with Gasteiger partial charge in [-0.3, -0.25) is 0 Å². The van der Waals surface area contributed by atoms with Gasteiger partial charge in [-0.2, -0.15) is 0 Å². The van der Waals surface area contributed by atoms with Crippen molar-refractivity contribution in [3.05, 3.63) is 113 Å². The summed E-state index contributed by atoms with van der Waals surface area (Å²) >= 11 is 9.77. The van der Waals surface area contributed by atoms with E-state index in [-0.39, 0.29) is 0 Å². The monoisotopic (exact) mass is 587 g/mol. The Kier molecular flexibility index (Phi) is 6.63. The molecule has 198 valence electrons. The molecule has 3 aromatic heterocycles. The lowest BCUT2D eigenvalue weighted by Crippen LogP contribution is -1.89. The van der Waals surface area contributed by atoms with Gasteiger partial charge in [0, 0.05) is 27.6 Å². The average Bonchev–Trinajstić information content (AvgIpc) is 3.69. The van der Waals surface area contributed by atoms with E-state index in [0.717, 1.165) is 64.4 Å². The van der Waals surface area contributed by atoms with Crippen molar-refractivity contribution in [2.45, 2.75) is 13.8 Å². The molecule has 0 radical (unpaired) electrons. The van der Waals surface area contributed by atoms with Crippen molar-refractivity contribution in [3.63, 3.8) is 0 Å². The number of halogens is 1. The van der Waals surface area contributed by atoms with Crippen molar-refractivity contribution in [2.24, 2.45) is 0 Å². The maximum atomic E-state index is 6.69. The fourth-order valence-corrected chi connectivity index (χ4v) is 6.67. The molecule has 0 aliphatic heterocycles. The maximum absolute atomic E-state index is 6.69. The summed E-state index contributed by atoms with van der Waals surface area (Å²) in [7, 11) is 0. The molecule has 7 rings (SSSR count). The van der Waals surface area contributed by atoms with E-state index >= 15 is 0 Å². The Morgan fingerprint density at radius 1 is 0.537 bits per heavy atom. The zero-order chi connectivity index (χ0) is 27.9. The third-order valence-corrected chi connectivity index (χ3v) is 9.19. The van der Waals surface area contributed by atoms with E-state index in [1.807, 2.05) is 24.3 Å². The zero-order valence-electron chi connectivity index (χ0n) is 22.2. The fourth-order valence-electron chi connectivity index (χ4n) is 4.72. The Bertz CT molecular complexity index is 2050. The Hall–Kier alpha value is -4.30. The third kappa shape index (κ3) is 5.04. The average molecular weight is 588 g/mol. The van der Waals surface area contributed by atoms with Gasteiger partial charge in [-0.15, -0.1) is 20.4 Å². The van der Waals surface area contributed by atoms with E-state index in [2.05, 4.69) is 107 Å². The predicted molar refractivity (Wildman–Crippen MR) is 170 cm³/mol. The molecule has 0 aliphatic carbocycles. The fraction of sp³-hybridized carbons (Fsp3) is 0.0606. The van der Waals surface area contributed by atoms with Gasteiger partial charge in [0.2, 0.25) is 0 Å². The van der Waals surface area contributed by atoms with Gasteiger partial charge in [-0.05, 0) is 43.7 Å². The summed E-state index contributed by atoms with van der Waals surface area (Å²) in [6, 6.07) is 32.9. The summed E-state index contributed by atoms with van der Waals surface area (Å²) in [5.74, 6) is 0. The van der Waals surface area contributed by atoms with Gasteiger partial charge in [0.25, 0.3) is 0 Å². The van der Waals surface area contributed by atoms with Gasteiger partial charge in [-0.1, -0.05) is 118 Å². The zero-order valence-corrected chi connectivity index (χ0v) is 24.6. The summed E-state index contributed by atoms with van der Waals surface area (Å²) in [6.45, 7) is 4.15. The molecule has 0 saturated carbocycles. The summed E-state index contributed by atoms with van der Waals surface area (Å²) in [6.07, 6.45) is 0. The van der Waals surface area contributed by atoms with Crippen LogP contribution >= 0.6 is 34.3 Å². The second-order valence-corrected chi connectivity index (χ2v) is 12.2. The van der Waals surface area contributed by atoms with Crippen LogP contribution in [0.1, 0.15) is 11.1 Å². The van der Waals surface area contributed by atoms with E-state index in [1.165, 1.54) is 22.5 Å². The van der Waals surface area contributed by atoms with Crippen LogP contribution in [0.5, 0.6) is 0 Å². The molecule has 0 bridgehead atoms. The number of pyridine rings is 1. The first-order chi connectivity index (χ1) is 20.0. The van der Waals surface area contributed by atoms with E-state index in [4.69, 9.17) is 16.6 Å². The summed E-state index contributed by atoms with van der Waals surface area (Å²) in [5.41, 5.74) is 9.04. The van der Waals surface area contributed by atoms with Crippen LogP contribution in [0.4, 0.5) is 0 Å². The Morgan fingerprint density at radius 2 is 1.24 bits per heavy atom. The van der Waals surface area contributed by atoms with Crippen molar-refractivity contribution in [3.8, 4) is 53.5 Å². The van der Waals surface area contributed by atoms with Crippen LogP contribution in [0.15, 0.2) is 97.1 Å². The highest BCUT2D eigenvalue weighted by molar-refractivity contribution is 7.18. The van der Waals surface area contributed by atoms with Crippen LogP contribution in [-0.2, 0) is 0 Å². The Balaban J connectivity index is 1.27. The Morgan fingerprint density at radius 3 is 2.07 bits per heavy atom. The summed E-state index contributed by atoms with van der Waals surface area (Å²) < 4.78 is 0. The number of fused-ring (bicyclic) bond motifs is 1.